The van der Waals surface area contributed by atoms with Gasteiger partial charge in [0.25, 0.3) is 0 Å². The van der Waals surface area contributed by atoms with Gasteiger partial charge >= 0.3 is 11.8 Å². The van der Waals surface area contributed by atoms with E-state index in [-0.39, 0.29) is 17.1 Å². The molecule has 1 N–H and O–H groups in total. The van der Waals surface area contributed by atoms with Crippen LogP contribution in [0.1, 0.15) is 9.88 Å². The summed E-state index contributed by atoms with van der Waals surface area (Å²) in [7, 11) is 0. The minimum atomic E-state index is -1.09. The molecule has 0 spiro atoms. The van der Waals surface area contributed by atoms with Crippen LogP contribution in [0.2, 0.25) is 0 Å². The molecule has 0 aliphatic heterocycles. The number of hydrogen-bond acceptors (Lipinski definition) is 5. The average molecular weight is 202 g/mol. The van der Waals surface area contributed by atoms with Gasteiger partial charge in [0.15, 0.2) is 0 Å². The normalized spacial score (nSPS) is 9.92. The van der Waals surface area contributed by atoms with Crippen molar-refractivity contribution in [1.82, 2.24) is 4.98 Å². The Hall–Kier alpha value is -1.50. The van der Waals surface area contributed by atoms with Gasteiger partial charge in [-0.1, -0.05) is 11.3 Å². The standard InChI is InChI=1S/C6H6N2O4S/c1-3-7-6(8(11)12)4(13-3)2-5(9)10/h2H2,1H3,(H,9,10). The highest BCUT2D eigenvalue weighted by atomic mass is 32.1. The van der Waals surface area contributed by atoms with Crippen molar-refractivity contribution in [2.24, 2.45) is 0 Å². The molecule has 1 aromatic rings. The van der Waals surface area contributed by atoms with E-state index >= 15 is 0 Å². The van der Waals surface area contributed by atoms with Gasteiger partial charge in [0.2, 0.25) is 5.01 Å². The summed E-state index contributed by atoms with van der Waals surface area (Å²) in [6.45, 7) is 1.60. The van der Waals surface area contributed by atoms with Crippen LogP contribution in [0, 0.1) is 17.0 Å². The molecule has 0 saturated heterocycles. The predicted octanol–water partition coefficient (Wildman–Crippen LogP) is 0.987. The number of aromatic nitrogens is 1. The fourth-order valence-corrected chi connectivity index (χ4v) is 1.75. The van der Waals surface area contributed by atoms with Crippen molar-refractivity contribution in [2.75, 3.05) is 0 Å². The van der Waals surface area contributed by atoms with Crippen molar-refractivity contribution in [1.29, 1.82) is 0 Å². The first kappa shape index (κ1) is 9.59. The van der Waals surface area contributed by atoms with Gasteiger partial charge in [-0.25, -0.2) is 0 Å². The van der Waals surface area contributed by atoms with E-state index in [0.29, 0.717) is 5.01 Å². The maximum Gasteiger partial charge on any atom is 0.378 e. The van der Waals surface area contributed by atoms with Crippen LogP contribution in [-0.4, -0.2) is 21.0 Å². The van der Waals surface area contributed by atoms with Gasteiger partial charge in [-0.15, -0.1) is 0 Å². The van der Waals surface area contributed by atoms with E-state index in [4.69, 9.17) is 5.11 Å². The highest BCUT2D eigenvalue weighted by molar-refractivity contribution is 7.12. The van der Waals surface area contributed by atoms with Crippen molar-refractivity contribution in [3.8, 4) is 0 Å². The lowest BCUT2D eigenvalue weighted by atomic mass is 10.4. The molecule has 0 fully saturated rings. The van der Waals surface area contributed by atoms with Crippen LogP contribution >= 0.6 is 11.3 Å². The smallest absolute Gasteiger partial charge is 0.378 e. The number of aryl methyl sites for hydroxylation is 1. The SMILES string of the molecule is Cc1nc([N+](=O)[O-])c(CC(=O)O)s1. The molecular formula is C6H6N2O4S. The Morgan fingerprint density at radius 2 is 2.38 bits per heavy atom. The Kier molecular flexibility index (Phi) is 2.57. The van der Waals surface area contributed by atoms with Crippen molar-refractivity contribution in [3.63, 3.8) is 0 Å². The number of aliphatic carboxylic acids is 1. The van der Waals surface area contributed by atoms with Gasteiger partial charge in [0.1, 0.15) is 4.88 Å². The summed E-state index contributed by atoms with van der Waals surface area (Å²) < 4.78 is 0. The molecule has 6 nitrogen and oxygen atoms in total. The zero-order chi connectivity index (χ0) is 10.0. The molecule has 0 unspecified atom stereocenters. The lowest BCUT2D eigenvalue weighted by Crippen LogP contribution is -2.01. The van der Waals surface area contributed by atoms with E-state index in [1.807, 2.05) is 0 Å². The second kappa shape index (κ2) is 3.48. The number of nitrogens with zero attached hydrogens (tertiary/aromatic N) is 2. The predicted molar refractivity (Wildman–Crippen MR) is 44.8 cm³/mol. The molecule has 13 heavy (non-hydrogen) atoms. The molecule has 0 aliphatic rings. The van der Waals surface area contributed by atoms with Crippen LogP contribution in [0.3, 0.4) is 0 Å². The third kappa shape index (κ3) is 2.22. The maximum atomic E-state index is 10.4. The van der Waals surface area contributed by atoms with Gasteiger partial charge < -0.3 is 15.2 Å². The Balaban J connectivity index is 3.04. The van der Waals surface area contributed by atoms with Gasteiger partial charge in [-0.05, 0) is 9.91 Å². The molecule has 0 aromatic carbocycles. The number of nitro groups is 1. The lowest BCUT2D eigenvalue weighted by molar-refractivity contribution is -0.389. The summed E-state index contributed by atoms with van der Waals surface area (Å²) in [5.41, 5.74) is 0. The van der Waals surface area contributed by atoms with E-state index < -0.39 is 10.9 Å². The largest absolute Gasteiger partial charge is 0.481 e. The topological polar surface area (TPSA) is 93.3 Å². The first-order chi connectivity index (χ1) is 6.00. The molecule has 0 radical (unpaired) electrons. The minimum absolute atomic E-state index is 0.190. The summed E-state index contributed by atoms with van der Waals surface area (Å²) in [5, 5.41) is 19.3. The number of rotatable bonds is 3. The highest BCUT2D eigenvalue weighted by Crippen LogP contribution is 2.24. The summed E-state index contributed by atoms with van der Waals surface area (Å²) >= 11 is 1.04. The first-order valence-corrected chi connectivity index (χ1v) is 4.15. The van der Waals surface area contributed by atoms with E-state index in [2.05, 4.69) is 4.98 Å². The van der Waals surface area contributed by atoms with Crippen molar-refractivity contribution >= 4 is 23.1 Å². The third-order valence-corrected chi connectivity index (χ3v) is 2.23. The van der Waals surface area contributed by atoms with Crippen LogP contribution in [0.4, 0.5) is 5.82 Å². The number of carboxylic acid groups (broad SMARTS) is 1. The molecule has 1 rings (SSSR count). The zero-order valence-corrected chi connectivity index (χ0v) is 7.50. The average Bonchev–Trinajstić information content (AvgIpc) is 2.29. The van der Waals surface area contributed by atoms with E-state index in [0.717, 1.165) is 11.3 Å². The van der Waals surface area contributed by atoms with Crippen LogP contribution in [0.15, 0.2) is 0 Å². The Labute approximate surface area is 77.0 Å². The van der Waals surface area contributed by atoms with E-state index in [1.54, 1.807) is 6.92 Å². The van der Waals surface area contributed by atoms with Gasteiger partial charge in [0, 0.05) is 6.92 Å². The molecular weight excluding hydrogens is 196 g/mol. The van der Waals surface area contributed by atoms with Crippen molar-refractivity contribution in [3.05, 3.63) is 20.0 Å². The molecule has 7 heteroatoms. The summed E-state index contributed by atoms with van der Waals surface area (Å²) in [4.78, 5) is 23.8. The molecule has 0 atom stereocenters. The molecule has 0 amide bonds. The monoisotopic (exact) mass is 202 g/mol. The molecule has 70 valence electrons. The third-order valence-electron chi connectivity index (χ3n) is 1.27. The second-order valence-electron chi connectivity index (χ2n) is 2.31. The van der Waals surface area contributed by atoms with Crippen molar-refractivity contribution in [2.45, 2.75) is 13.3 Å². The first-order valence-electron chi connectivity index (χ1n) is 3.33. The van der Waals surface area contributed by atoms with Gasteiger partial charge in [-0.2, -0.15) is 0 Å². The zero-order valence-electron chi connectivity index (χ0n) is 6.68. The second-order valence-corrected chi connectivity index (χ2v) is 3.60. The molecule has 1 heterocycles. The van der Waals surface area contributed by atoms with E-state index in [1.165, 1.54) is 0 Å². The Morgan fingerprint density at radius 3 is 2.85 bits per heavy atom. The minimum Gasteiger partial charge on any atom is -0.481 e. The van der Waals surface area contributed by atoms with Gasteiger partial charge in [0.05, 0.1) is 6.42 Å². The maximum absolute atomic E-state index is 10.4. The van der Waals surface area contributed by atoms with E-state index in [9.17, 15) is 14.9 Å². The summed E-state index contributed by atoms with van der Waals surface area (Å²) in [6.07, 6.45) is -0.345. The number of thiazole rings is 1. The Morgan fingerprint density at radius 1 is 1.77 bits per heavy atom. The fraction of sp³-hybridized carbons (Fsp3) is 0.333. The fourth-order valence-electron chi connectivity index (χ4n) is 0.853. The number of hydrogen-bond donors (Lipinski definition) is 1. The van der Waals surface area contributed by atoms with Gasteiger partial charge in [-0.3, -0.25) is 4.79 Å². The highest BCUT2D eigenvalue weighted by Gasteiger charge is 2.22. The van der Waals surface area contributed by atoms with Crippen LogP contribution in [0.5, 0.6) is 0 Å². The molecule has 0 saturated carbocycles. The lowest BCUT2D eigenvalue weighted by Gasteiger charge is -1.90. The summed E-state index contributed by atoms with van der Waals surface area (Å²) in [5.74, 6) is -1.43. The summed E-state index contributed by atoms with van der Waals surface area (Å²) in [6, 6.07) is 0. The molecule has 0 aliphatic carbocycles. The van der Waals surface area contributed by atoms with Crippen LogP contribution in [-0.2, 0) is 11.2 Å². The molecule has 1 aromatic heterocycles. The number of carbonyl (C=O) groups is 1. The Bertz CT molecular complexity index is 360. The molecule has 0 bridgehead atoms. The quantitative estimate of drug-likeness (QED) is 0.582. The van der Waals surface area contributed by atoms with Crippen LogP contribution in [0.25, 0.3) is 0 Å². The van der Waals surface area contributed by atoms with Crippen molar-refractivity contribution < 1.29 is 14.8 Å². The number of carboxylic acids is 1. The van der Waals surface area contributed by atoms with Crippen LogP contribution < -0.4 is 0 Å².